The number of ether oxygens (including phenoxy) is 2. The van der Waals surface area contributed by atoms with E-state index in [1.54, 1.807) is 0 Å². The number of hydrogen-bond donors (Lipinski definition) is 2. The van der Waals surface area contributed by atoms with Crippen LogP contribution in [-0.4, -0.2) is 73.6 Å². The van der Waals surface area contributed by atoms with Crippen molar-refractivity contribution in [2.24, 2.45) is 5.73 Å². The molecule has 0 bridgehead atoms. The molecule has 0 aromatic heterocycles. The van der Waals surface area contributed by atoms with Crippen molar-refractivity contribution in [1.82, 2.24) is 0 Å². The average molecular weight is 756 g/mol. The Hall–Kier alpha value is 0.690. The van der Waals surface area contributed by atoms with Crippen LogP contribution in [0.5, 0.6) is 0 Å². The van der Waals surface area contributed by atoms with Gasteiger partial charge in [0.15, 0.2) is 0 Å². The Bertz CT molecular complexity index is 681. The maximum Gasteiger partial charge on any atom is 0.472 e. The summed E-state index contributed by atoms with van der Waals surface area (Å²) in [5.74, 6) is 5.36. The molecule has 0 aromatic carbocycles. The Labute approximate surface area is 313 Å². The van der Waals surface area contributed by atoms with Gasteiger partial charge >= 0.3 is 7.82 Å². The fraction of sp³-hybridized carbons (Fsp3) is 1.00. The van der Waals surface area contributed by atoms with E-state index >= 15 is 0 Å². The highest BCUT2D eigenvalue weighted by Gasteiger charge is 2.23. The van der Waals surface area contributed by atoms with Crippen LogP contribution in [0.25, 0.3) is 0 Å². The SMILES string of the molecule is CCCCCCSCCCCCCCCCCCOC[C@H](COP(=O)(O)OCCN)OCCCCCCCCCCCSCCCCCC. The van der Waals surface area contributed by atoms with Gasteiger partial charge in [-0.15, -0.1) is 0 Å². The molecule has 0 rings (SSSR count). The second-order valence-corrected chi connectivity index (χ2v) is 17.6. The maximum atomic E-state index is 12.1. The van der Waals surface area contributed by atoms with Gasteiger partial charge in [0.2, 0.25) is 0 Å². The molecule has 49 heavy (non-hydrogen) atoms. The van der Waals surface area contributed by atoms with Crippen molar-refractivity contribution in [2.45, 2.75) is 187 Å². The van der Waals surface area contributed by atoms with Crippen LogP contribution in [0.15, 0.2) is 0 Å². The molecular formula is C39H82NO6PS2. The fourth-order valence-corrected chi connectivity index (χ4v) is 8.45. The topological polar surface area (TPSA) is 100 Å². The molecule has 0 radical (unpaired) electrons. The van der Waals surface area contributed by atoms with Crippen LogP contribution in [0.3, 0.4) is 0 Å². The third-order valence-electron chi connectivity index (χ3n) is 8.75. The first-order valence-electron chi connectivity index (χ1n) is 20.7. The van der Waals surface area contributed by atoms with Crippen LogP contribution < -0.4 is 5.73 Å². The third kappa shape index (κ3) is 41.3. The minimum atomic E-state index is -4.14. The molecule has 0 aliphatic rings. The Balaban J connectivity index is 3.84. The number of phosphoric acid groups is 1. The molecule has 0 spiro atoms. The second kappa shape index (κ2) is 41.4. The van der Waals surface area contributed by atoms with Crippen LogP contribution in [-0.2, 0) is 23.1 Å². The molecule has 296 valence electrons. The van der Waals surface area contributed by atoms with Gasteiger partial charge in [-0.25, -0.2) is 4.57 Å². The highest BCUT2D eigenvalue weighted by molar-refractivity contribution is 7.99. The van der Waals surface area contributed by atoms with E-state index in [0.717, 1.165) is 19.3 Å². The van der Waals surface area contributed by atoms with Crippen LogP contribution in [0, 0.1) is 0 Å². The van der Waals surface area contributed by atoms with Crippen LogP contribution in [0.4, 0.5) is 0 Å². The normalized spacial score (nSPS) is 13.6. The zero-order chi connectivity index (χ0) is 35.8. The summed E-state index contributed by atoms with van der Waals surface area (Å²) in [6.07, 6.45) is 33.6. The third-order valence-corrected chi connectivity index (χ3v) is 12.0. The Kier molecular flexibility index (Phi) is 42.0. The van der Waals surface area contributed by atoms with Crippen molar-refractivity contribution in [1.29, 1.82) is 0 Å². The van der Waals surface area contributed by atoms with E-state index in [1.807, 2.05) is 0 Å². The standard InChI is InChI=1S/C39H82NO6PS2/c1-3-5-7-25-33-48-35-27-21-17-13-9-11-15-19-23-30-43-37-39(38-46-47(41,42)45-32-29-40)44-31-24-20-16-12-10-14-18-22-28-36-49-34-26-8-6-4-2/h39H,3-38,40H2,1-2H3,(H,41,42)/t39-/m1/s1. The van der Waals surface area contributed by atoms with Crippen molar-refractivity contribution in [3.63, 3.8) is 0 Å². The molecule has 0 aromatic rings. The summed E-state index contributed by atoms with van der Waals surface area (Å²) in [6.45, 7) is 6.28. The van der Waals surface area contributed by atoms with Crippen molar-refractivity contribution >= 4 is 31.3 Å². The summed E-state index contributed by atoms with van der Waals surface area (Å²) >= 11 is 4.29. The first-order valence-corrected chi connectivity index (χ1v) is 24.5. The summed E-state index contributed by atoms with van der Waals surface area (Å²) in [5.41, 5.74) is 5.39. The zero-order valence-corrected chi connectivity index (χ0v) is 34.9. The molecule has 0 heterocycles. The van der Waals surface area contributed by atoms with Gasteiger partial charge in [0.25, 0.3) is 0 Å². The number of rotatable bonds is 43. The van der Waals surface area contributed by atoms with E-state index in [4.69, 9.17) is 24.3 Å². The molecule has 3 N–H and O–H groups in total. The molecule has 0 amide bonds. The zero-order valence-electron chi connectivity index (χ0n) is 32.4. The Morgan fingerprint density at radius 1 is 0.510 bits per heavy atom. The lowest BCUT2D eigenvalue weighted by Gasteiger charge is -2.20. The van der Waals surface area contributed by atoms with E-state index < -0.39 is 13.9 Å². The minimum absolute atomic E-state index is 0.0214. The lowest BCUT2D eigenvalue weighted by atomic mass is 10.1. The van der Waals surface area contributed by atoms with E-state index in [2.05, 4.69) is 37.4 Å². The average Bonchev–Trinajstić information content (AvgIpc) is 3.10. The number of thioether (sulfide) groups is 2. The van der Waals surface area contributed by atoms with Crippen molar-refractivity contribution in [2.75, 3.05) is 62.6 Å². The second-order valence-electron chi connectivity index (χ2n) is 13.7. The molecule has 0 aliphatic carbocycles. The van der Waals surface area contributed by atoms with E-state index in [1.165, 1.54) is 171 Å². The summed E-state index contributed by atoms with van der Waals surface area (Å²) < 4.78 is 34.1. The first-order chi connectivity index (χ1) is 24.1. The van der Waals surface area contributed by atoms with E-state index in [-0.39, 0.29) is 19.8 Å². The molecule has 1 unspecified atom stereocenters. The quantitative estimate of drug-likeness (QED) is 0.0465. The molecule has 10 heteroatoms. The highest BCUT2D eigenvalue weighted by atomic mass is 32.2. The maximum absolute atomic E-state index is 12.1. The van der Waals surface area contributed by atoms with Crippen LogP contribution >= 0.6 is 31.3 Å². The lowest BCUT2D eigenvalue weighted by molar-refractivity contribution is -0.0443. The van der Waals surface area contributed by atoms with Gasteiger partial charge in [-0.3, -0.25) is 9.05 Å². The number of unbranched alkanes of at least 4 members (excludes halogenated alkanes) is 22. The predicted octanol–water partition coefficient (Wildman–Crippen LogP) is 12.1. The van der Waals surface area contributed by atoms with Crippen molar-refractivity contribution < 1.29 is 28.0 Å². The number of nitrogens with two attached hydrogens (primary N) is 1. The van der Waals surface area contributed by atoms with Crippen molar-refractivity contribution in [3.05, 3.63) is 0 Å². The Morgan fingerprint density at radius 3 is 1.33 bits per heavy atom. The van der Waals surface area contributed by atoms with Crippen molar-refractivity contribution in [3.8, 4) is 0 Å². The van der Waals surface area contributed by atoms with Gasteiger partial charge in [0.05, 0.1) is 19.8 Å². The largest absolute Gasteiger partial charge is 0.472 e. The van der Waals surface area contributed by atoms with Crippen LogP contribution in [0.1, 0.15) is 181 Å². The molecule has 0 aliphatic heterocycles. The number of hydrogen-bond acceptors (Lipinski definition) is 8. The molecule has 0 fully saturated rings. The van der Waals surface area contributed by atoms with Crippen LogP contribution in [0.2, 0.25) is 0 Å². The molecule has 2 atom stereocenters. The van der Waals surface area contributed by atoms with Gasteiger partial charge in [-0.05, 0) is 61.5 Å². The van der Waals surface area contributed by atoms with E-state index in [0.29, 0.717) is 19.8 Å². The lowest BCUT2D eigenvalue weighted by Crippen LogP contribution is -2.26. The molecule has 0 saturated heterocycles. The molecule has 0 saturated carbocycles. The van der Waals surface area contributed by atoms with E-state index in [9.17, 15) is 9.46 Å². The van der Waals surface area contributed by atoms with Gasteiger partial charge < -0.3 is 20.1 Å². The van der Waals surface area contributed by atoms with Gasteiger partial charge in [0.1, 0.15) is 6.10 Å². The summed E-state index contributed by atoms with van der Waals surface area (Å²) in [4.78, 5) is 9.90. The monoisotopic (exact) mass is 756 g/mol. The summed E-state index contributed by atoms with van der Waals surface area (Å²) in [6, 6.07) is 0. The minimum Gasteiger partial charge on any atom is -0.379 e. The summed E-state index contributed by atoms with van der Waals surface area (Å²) in [5, 5.41) is 0. The fourth-order valence-electron chi connectivity index (χ4n) is 5.65. The van der Waals surface area contributed by atoms with Gasteiger partial charge in [0, 0.05) is 19.8 Å². The Morgan fingerprint density at radius 2 is 0.898 bits per heavy atom. The highest BCUT2D eigenvalue weighted by Crippen LogP contribution is 2.43. The summed E-state index contributed by atoms with van der Waals surface area (Å²) in [7, 11) is -4.14. The number of phosphoric ester groups is 1. The molecule has 7 nitrogen and oxygen atoms in total. The van der Waals surface area contributed by atoms with Gasteiger partial charge in [-0.1, -0.05) is 142 Å². The first kappa shape index (κ1) is 49.7. The molecular weight excluding hydrogens is 674 g/mol. The van der Waals surface area contributed by atoms with Gasteiger partial charge in [-0.2, -0.15) is 23.5 Å². The smallest absolute Gasteiger partial charge is 0.379 e. The predicted molar refractivity (Wildman–Crippen MR) is 217 cm³/mol.